The van der Waals surface area contributed by atoms with Crippen LogP contribution in [0.25, 0.3) is 0 Å². The highest BCUT2D eigenvalue weighted by molar-refractivity contribution is 5.78. The van der Waals surface area contributed by atoms with Crippen molar-refractivity contribution in [3.05, 3.63) is 77.6 Å². The summed E-state index contributed by atoms with van der Waals surface area (Å²) in [5.74, 6) is 2.38. The van der Waals surface area contributed by atoms with Crippen LogP contribution in [0.5, 0.6) is 23.0 Å². The average Bonchev–Trinajstić information content (AvgIpc) is 2.82. The molecule has 0 aliphatic rings. The van der Waals surface area contributed by atoms with Gasteiger partial charge < -0.3 is 24.3 Å². The van der Waals surface area contributed by atoms with Gasteiger partial charge in [0.1, 0.15) is 6.61 Å². The lowest BCUT2D eigenvalue weighted by Crippen LogP contribution is -2.24. The number of methoxy groups -OCH3 is 3. The number of carbonyl (C=O) groups excluding carboxylic acids is 1. The summed E-state index contributed by atoms with van der Waals surface area (Å²) in [5, 5.41) is 2.93. The first-order chi connectivity index (χ1) is 15.1. The Morgan fingerprint density at radius 1 is 0.774 bits per heavy atom. The highest BCUT2D eigenvalue weighted by Gasteiger charge is 2.10. The molecule has 1 N–H and O–H groups in total. The largest absolute Gasteiger partial charge is 0.493 e. The van der Waals surface area contributed by atoms with Crippen LogP contribution in [0.4, 0.5) is 0 Å². The van der Waals surface area contributed by atoms with Crippen molar-refractivity contribution < 1.29 is 23.7 Å². The molecule has 0 saturated carbocycles. The van der Waals surface area contributed by atoms with Crippen LogP contribution in [0.3, 0.4) is 0 Å². The van der Waals surface area contributed by atoms with Gasteiger partial charge in [-0.25, -0.2) is 0 Å². The Morgan fingerprint density at radius 3 is 2.10 bits per heavy atom. The zero-order valence-electron chi connectivity index (χ0n) is 17.9. The van der Waals surface area contributed by atoms with E-state index in [2.05, 4.69) is 10.3 Å². The van der Waals surface area contributed by atoms with Crippen LogP contribution in [0.2, 0.25) is 0 Å². The molecule has 0 spiro atoms. The van der Waals surface area contributed by atoms with Crippen molar-refractivity contribution >= 4 is 5.91 Å². The molecule has 2 aromatic carbocycles. The smallest absolute Gasteiger partial charge is 0.224 e. The summed E-state index contributed by atoms with van der Waals surface area (Å²) < 4.78 is 21.8. The molecule has 0 aliphatic heterocycles. The van der Waals surface area contributed by atoms with Gasteiger partial charge in [-0.3, -0.25) is 9.78 Å². The predicted molar refractivity (Wildman–Crippen MR) is 117 cm³/mol. The van der Waals surface area contributed by atoms with Crippen molar-refractivity contribution in [1.29, 1.82) is 0 Å². The minimum atomic E-state index is -0.0933. The molecule has 0 radical (unpaired) electrons. The van der Waals surface area contributed by atoms with Gasteiger partial charge in [0.2, 0.25) is 5.91 Å². The molecule has 0 aliphatic carbocycles. The Morgan fingerprint density at radius 2 is 1.39 bits per heavy atom. The van der Waals surface area contributed by atoms with Crippen LogP contribution >= 0.6 is 0 Å². The molecule has 0 bridgehead atoms. The molecule has 31 heavy (non-hydrogen) atoms. The zero-order chi connectivity index (χ0) is 22.1. The Bertz CT molecular complexity index is 1010. The van der Waals surface area contributed by atoms with Gasteiger partial charge in [0, 0.05) is 18.9 Å². The predicted octanol–water partition coefficient (Wildman–Crippen LogP) is 3.55. The maximum atomic E-state index is 12.4. The van der Waals surface area contributed by atoms with Gasteiger partial charge in [-0.1, -0.05) is 12.1 Å². The summed E-state index contributed by atoms with van der Waals surface area (Å²) >= 11 is 0. The van der Waals surface area contributed by atoms with Crippen molar-refractivity contribution in [2.24, 2.45) is 0 Å². The number of nitrogens with one attached hydrogen (secondary N) is 1. The average molecular weight is 422 g/mol. The third-order valence-electron chi connectivity index (χ3n) is 4.67. The summed E-state index contributed by atoms with van der Waals surface area (Å²) in [6.07, 6.45) is 3.69. The van der Waals surface area contributed by atoms with Gasteiger partial charge in [-0.2, -0.15) is 0 Å². The van der Waals surface area contributed by atoms with E-state index >= 15 is 0 Å². The molecular formula is C24H26N2O5. The van der Waals surface area contributed by atoms with Gasteiger partial charge in [-0.05, 0) is 53.1 Å². The molecule has 0 unspecified atom stereocenters. The van der Waals surface area contributed by atoms with E-state index in [4.69, 9.17) is 18.9 Å². The number of carbonyl (C=O) groups is 1. The van der Waals surface area contributed by atoms with E-state index in [0.29, 0.717) is 36.1 Å². The van der Waals surface area contributed by atoms with Crippen molar-refractivity contribution in [3.8, 4) is 23.0 Å². The molecule has 7 nitrogen and oxygen atoms in total. The summed E-state index contributed by atoms with van der Waals surface area (Å²) in [4.78, 5) is 16.4. The van der Waals surface area contributed by atoms with E-state index in [0.717, 1.165) is 16.7 Å². The first-order valence-corrected chi connectivity index (χ1v) is 9.79. The molecule has 1 amide bonds. The lowest BCUT2D eigenvalue weighted by Gasteiger charge is -2.13. The molecule has 162 valence electrons. The number of amides is 1. The highest BCUT2D eigenvalue weighted by atomic mass is 16.5. The van der Waals surface area contributed by atoms with E-state index in [1.807, 2.05) is 36.4 Å². The quantitative estimate of drug-likeness (QED) is 0.538. The molecule has 1 heterocycles. The maximum Gasteiger partial charge on any atom is 0.224 e. The van der Waals surface area contributed by atoms with Gasteiger partial charge in [-0.15, -0.1) is 0 Å². The van der Waals surface area contributed by atoms with E-state index in [9.17, 15) is 4.79 Å². The van der Waals surface area contributed by atoms with Crippen molar-refractivity contribution in [2.45, 2.75) is 19.6 Å². The van der Waals surface area contributed by atoms with E-state index in [-0.39, 0.29) is 12.3 Å². The lowest BCUT2D eigenvalue weighted by molar-refractivity contribution is -0.120. The van der Waals surface area contributed by atoms with Gasteiger partial charge >= 0.3 is 0 Å². The highest BCUT2D eigenvalue weighted by Crippen LogP contribution is 2.29. The number of pyridine rings is 1. The van der Waals surface area contributed by atoms with Crippen molar-refractivity contribution in [3.63, 3.8) is 0 Å². The molecule has 0 saturated heterocycles. The SMILES string of the molecule is COc1ccc(CC(=O)NCc2ccc(OCc3ccncc3)c(OC)c2)cc1OC. The first-order valence-electron chi connectivity index (χ1n) is 9.79. The number of rotatable bonds is 10. The second-order valence-electron chi connectivity index (χ2n) is 6.77. The van der Waals surface area contributed by atoms with Crippen LogP contribution in [0, 0.1) is 0 Å². The molecule has 0 fully saturated rings. The van der Waals surface area contributed by atoms with Gasteiger partial charge in [0.15, 0.2) is 23.0 Å². The Labute approximate surface area is 181 Å². The molecular weight excluding hydrogens is 396 g/mol. The van der Waals surface area contributed by atoms with E-state index in [1.165, 1.54) is 0 Å². The Hall–Kier alpha value is -3.74. The molecule has 3 aromatic rings. The number of hydrogen-bond donors (Lipinski definition) is 1. The molecule has 1 aromatic heterocycles. The van der Waals surface area contributed by atoms with E-state index in [1.54, 1.807) is 45.9 Å². The molecule has 7 heteroatoms. The van der Waals surface area contributed by atoms with Gasteiger partial charge in [0.25, 0.3) is 0 Å². The Balaban J connectivity index is 1.56. The topological polar surface area (TPSA) is 78.9 Å². The fraction of sp³-hybridized carbons (Fsp3) is 0.250. The minimum Gasteiger partial charge on any atom is -0.493 e. The maximum absolute atomic E-state index is 12.4. The number of aromatic nitrogens is 1. The Kier molecular flexibility index (Phi) is 7.70. The zero-order valence-corrected chi connectivity index (χ0v) is 17.9. The number of ether oxygens (including phenoxy) is 4. The van der Waals surface area contributed by atoms with Crippen LogP contribution < -0.4 is 24.3 Å². The van der Waals surface area contributed by atoms with Crippen LogP contribution in [0.15, 0.2) is 60.9 Å². The van der Waals surface area contributed by atoms with E-state index < -0.39 is 0 Å². The standard InChI is InChI=1S/C24H26N2O5/c1-28-20-6-4-18(12-22(20)29-2)14-24(27)26-15-19-5-7-21(23(13-19)30-3)31-16-17-8-10-25-11-9-17/h4-13H,14-16H2,1-3H3,(H,26,27). The third kappa shape index (κ3) is 6.12. The summed E-state index contributed by atoms with van der Waals surface area (Å²) in [5.41, 5.74) is 2.77. The van der Waals surface area contributed by atoms with Gasteiger partial charge in [0.05, 0.1) is 27.8 Å². The third-order valence-corrected chi connectivity index (χ3v) is 4.67. The second-order valence-corrected chi connectivity index (χ2v) is 6.77. The van der Waals surface area contributed by atoms with Crippen LogP contribution in [-0.4, -0.2) is 32.2 Å². The summed E-state index contributed by atoms with van der Waals surface area (Å²) in [7, 11) is 4.74. The number of benzene rings is 2. The fourth-order valence-corrected chi connectivity index (χ4v) is 3.02. The molecule has 3 rings (SSSR count). The van der Waals surface area contributed by atoms with Crippen LogP contribution in [0.1, 0.15) is 16.7 Å². The van der Waals surface area contributed by atoms with Crippen molar-refractivity contribution in [1.82, 2.24) is 10.3 Å². The monoisotopic (exact) mass is 422 g/mol. The minimum absolute atomic E-state index is 0.0933. The van der Waals surface area contributed by atoms with Crippen molar-refractivity contribution in [2.75, 3.05) is 21.3 Å². The second kappa shape index (κ2) is 10.9. The fourth-order valence-electron chi connectivity index (χ4n) is 3.02. The summed E-state index contributed by atoms with van der Waals surface area (Å²) in [6, 6.07) is 14.8. The lowest BCUT2D eigenvalue weighted by atomic mass is 10.1. The summed E-state index contributed by atoms with van der Waals surface area (Å²) in [6.45, 7) is 0.799. The number of nitrogens with zero attached hydrogens (tertiary/aromatic N) is 1. The molecule has 0 atom stereocenters. The van der Waals surface area contributed by atoms with Crippen LogP contribution in [-0.2, 0) is 24.4 Å². The first kappa shape index (κ1) is 22.0. The number of hydrogen-bond acceptors (Lipinski definition) is 6. The normalized spacial score (nSPS) is 10.3.